The van der Waals surface area contributed by atoms with Gasteiger partial charge in [-0.15, -0.1) is 0 Å². The summed E-state index contributed by atoms with van der Waals surface area (Å²) in [5.41, 5.74) is 0.421. The number of nitro groups is 1. The van der Waals surface area contributed by atoms with Crippen LogP contribution in [0.15, 0.2) is 30.5 Å². The quantitative estimate of drug-likeness (QED) is 0.642. The molecule has 0 bridgehead atoms. The zero-order chi connectivity index (χ0) is 14.5. The van der Waals surface area contributed by atoms with Crippen LogP contribution < -0.4 is 10.6 Å². The highest BCUT2D eigenvalue weighted by atomic mass is 19.1. The van der Waals surface area contributed by atoms with Gasteiger partial charge in [-0.3, -0.25) is 10.1 Å². The number of aromatic nitrogens is 2. The monoisotopic (exact) mass is 277 g/mol. The van der Waals surface area contributed by atoms with E-state index in [-0.39, 0.29) is 29.8 Å². The van der Waals surface area contributed by atoms with Crippen molar-refractivity contribution < 1.29 is 9.31 Å². The summed E-state index contributed by atoms with van der Waals surface area (Å²) in [5, 5.41) is 16.4. The number of anilines is 2. The molecule has 0 amide bonds. The third-order valence-electron chi connectivity index (χ3n) is 2.54. The van der Waals surface area contributed by atoms with Crippen molar-refractivity contribution in [3.05, 3.63) is 52.0 Å². The lowest BCUT2D eigenvalue weighted by atomic mass is 10.2. The standard InChI is InChI=1S/C12H12FN5O2/c1-14-12-16-7-10(18(19)20)11(17-12)15-6-8-3-2-4-9(13)5-8/h2-5,7H,6H2,1H3,(H2,14,15,16,17). The lowest BCUT2D eigenvalue weighted by molar-refractivity contribution is -0.384. The maximum Gasteiger partial charge on any atom is 0.329 e. The number of hydrogen-bond acceptors (Lipinski definition) is 6. The molecule has 104 valence electrons. The Balaban J connectivity index is 2.21. The molecule has 0 fully saturated rings. The van der Waals surface area contributed by atoms with Crippen molar-refractivity contribution >= 4 is 17.5 Å². The van der Waals surface area contributed by atoms with Crippen LogP contribution in [0.4, 0.5) is 21.8 Å². The highest BCUT2D eigenvalue weighted by Gasteiger charge is 2.16. The van der Waals surface area contributed by atoms with Gasteiger partial charge in [0, 0.05) is 13.6 Å². The molecule has 2 rings (SSSR count). The summed E-state index contributed by atoms with van der Waals surface area (Å²) < 4.78 is 13.0. The molecule has 2 aromatic rings. The van der Waals surface area contributed by atoms with Crippen LogP contribution in [0.2, 0.25) is 0 Å². The van der Waals surface area contributed by atoms with E-state index in [1.165, 1.54) is 12.1 Å². The number of nitrogens with one attached hydrogen (secondary N) is 2. The van der Waals surface area contributed by atoms with Gasteiger partial charge >= 0.3 is 5.69 Å². The predicted molar refractivity (Wildman–Crippen MR) is 72.0 cm³/mol. The molecule has 7 nitrogen and oxygen atoms in total. The lowest BCUT2D eigenvalue weighted by Crippen LogP contribution is -2.07. The van der Waals surface area contributed by atoms with Crippen molar-refractivity contribution in [3.8, 4) is 0 Å². The Morgan fingerprint density at radius 1 is 1.45 bits per heavy atom. The van der Waals surface area contributed by atoms with Crippen LogP contribution in [-0.2, 0) is 6.54 Å². The van der Waals surface area contributed by atoms with E-state index in [0.29, 0.717) is 5.56 Å². The molecule has 20 heavy (non-hydrogen) atoms. The highest BCUT2D eigenvalue weighted by Crippen LogP contribution is 2.22. The zero-order valence-corrected chi connectivity index (χ0v) is 10.6. The van der Waals surface area contributed by atoms with Crippen LogP contribution in [0.25, 0.3) is 0 Å². The van der Waals surface area contributed by atoms with Crippen LogP contribution in [0.1, 0.15) is 5.56 Å². The minimum atomic E-state index is -0.576. The number of nitrogens with zero attached hydrogens (tertiary/aromatic N) is 3. The Kier molecular flexibility index (Phi) is 4.04. The molecule has 0 unspecified atom stereocenters. The molecule has 0 saturated heterocycles. The fourth-order valence-corrected chi connectivity index (χ4v) is 1.59. The van der Waals surface area contributed by atoms with E-state index in [4.69, 9.17) is 0 Å². The maximum atomic E-state index is 13.0. The van der Waals surface area contributed by atoms with Crippen molar-refractivity contribution in [2.75, 3.05) is 17.7 Å². The van der Waals surface area contributed by atoms with Gasteiger partial charge in [0.2, 0.25) is 11.8 Å². The van der Waals surface area contributed by atoms with Crippen LogP contribution >= 0.6 is 0 Å². The molecular weight excluding hydrogens is 265 g/mol. The molecule has 8 heteroatoms. The van der Waals surface area contributed by atoms with E-state index in [2.05, 4.69) is 20.6 Å². The van der Waals surface area contributed by atoms with Crippen molar-refractivity contribution in [3.63, 3.8) is 0 Å². The van der Waals surface area contributed by atoms with Crippen molar-refractivity contribution in [1.82, 2.24) is 9.97 Å². The Labute approximate surface area is 114 Å². The number of hydrogen-bond donors (Lipinski definition) is 2. The van der Waals surface area contributed by atoms with Crippen LogP contribution in [0.5, 0.6) is 0 Å². The largest absolute Gasteiger partial charge is 0.360 e. The topological polar surface area (TPSA) is 93.0 Å². The third-order valence-corrected chi connectivity index (χ3v) is 2.54. The Bertz CT molecular complexity index is 635. The van der Waals surface area contributed by atoms with Gasteiger partial charge < -0.3 is 10.6 Å². The van der Waals surface area contributed by atoms with Gasteiger partial charge in [-0.05, 0) is 17.7 Å². The smallest absolute Gasteiger partial charge is 0.329 e. The van der Waals surface area contributed by atoms with Crippen LogP contribution in [-0.4, -0.2) is 21.9 Å². The van der Waals surface area contributed by atoms with Gasteiger partial charge in [-0.1, -0.05) is 12.1 Å². The summed E-state index contributed by atoms with van der Waals surface area (Å²) in [6.07, 6.45) is 1.12. The zero-order valence-electron chi connectivity index (χ0n) is 10.6. The van der Waals surface area contributed by atoms with Crippen LogP contribution in [0.3, 0.4) is 0 Å². The number of rotatable bonds is 5. The Morgan fingerprint density at radius 3 is 2.90 bits per heavy atom. The second-order valence-electron chi connectivity index (χ2n) is 3.92. The van der Waals surface area contributed by atoms with E-state index in [1.807, 2.05) is 0 Å². The average Bonchev–Trinajstić information content (AvgIpc) is 2.44. The summed E-state index contributed by atoms with van der Waals surface area (Å²) >= 11 is 0. The van der Waals surface area contributed by atoms with Gasteiger partial charge in [0.25, 0.3) is 0 Å². The van der Waals surface area contributed by atoms with Gasteiger partial charge in [0.05, 0.1) is 4.92 Å². The Hall–Kier alpha value is -2.77. The number of benzene rings is 1. The van der Waals surface area contributed by atoms with Crippen molar-refractivity contribution in [1.29, 1.82) is 0 Å². The fraction of sp³-hybridized carbons (Fsp3) is 0.167. The molecule has 1 aromatic heterocycles. The summed E-state index contributed by atoms with van der Waals surface area (Å²) in [4.78, 5) is 18.1. The molecule has 0 atom stereocenters. The predicted octanol–water partition coefficient (Wildman–Crippen LogP) is 2.18. The second-order valence-corrected chi connectivity index (χ2v) is 3.92. The molecule has 0 radical (unpaired) electrons. The molecule has 0 aliphatic heterocycles. The van der Waals surface area contributed by atoms with Gasteiger partial charge in [0.15, 0.2) is 0 Å². The van der Waals surface area contributed by atoms with Gasteiger partial charge in [-0.2, -0.15) is 4.98 Å². The van der Waals surface area contributed by atoms with E-state index in [1.54, 1.807) is 19.2 Å². The molecule has 0 saturated carbocycles. The first-order valence-corrected chi connectivity index (χ1v) is 5.77. The third kappa shape index (κ3) is 3.16. The van der Waals surface area contributed by atoms with Gasteiger partial charge in [-0.25, -0.2) is 9.37 Å². The molecule has 1 heterocycles. The van der Waals surface area contributed by atoms with Crippen LogP contribution in [0, 0.1) is 15.9 Å². The molecule has 2 N–H and O–H groups in total. The summed E-state index contributed by atoms with van der Waals surface area (Å²) in [7, 11) is 1.61. The van der Waals surface area contributed by atoms with E-state index >= 15 is 0 Å². The molecular formula is C12H12FN5O2. The SMILES string of the molecule is CNc1ncc([N+](=O)[O-])c(NCc2cccc(F)c2)n1. The summed E-state index contributed by atoms with van der Waals surface area (Å²) in [6.45, 7) is 0.221. The average molecular weight is 277 g/mol. The molecule has 0 aliphatic carbocycles. The number of halogens is 1. The molecule has 1 aromatic carbocycles. The minimum absolute atomic E-state index is 0.0820. The lowest BCUT2D eigenvalue weighted by Gasteiger charge is -2.07. The minimum Gasteiger partial charge on any atom is -0.360 e. The first kappa shape index (κ1) is 13.7. The molecule has 0 aliphatic rings. The summed E-state index contributed by atoms with van der Waals surface area (Å²) in [5.74, 6) is -0.0200. The van der Waals surface area contributed by atoms with E-state index in [9.17, 15) is 14.5 Å². The first-order chi connectivity index (χ1) is 9.60. The van der Waals surface area contributed by atoms with E-state index < -0.39 is 4.92 Å². The highest BCUT2D eigenvalue weighted by molar-refractivity contribution is 5.57. The maximum absolute atomic E-state index is 13.0. The Morgan fingerprint density at radius 2 is 2.25 bits per heavy atom. The fourth-order valence-electron chi connectivity index (χ4n) is 1.59. The van der Waals surface area contributed by atoms with Crippen molar-refractivity contribution in [2.24, 2.45) is 0 Å². The summed E-state index contributed by atoms with van der Waals surface area (Å²) in [6, 6.07) is 5.95. The van der Waals surface area contributed by atoms with Crippen molar-refractivity contribution in [2.45, 2.75) is 6.54 Å². The normalized spacial score (nSPS) is 10.1. The second kappa shape index (κ2) is 5.91. The first-order valence-electron chi connectivity index (χ1n) is 5.77. The molecule has 0 spiro atoms. The van der Waals surface area contributed by atoms with E-state index in [0.717, 1.165) is 6.20 Å². The van der Waals surface area contributed by atoms with Gasteiger partial charge in [0.1, 0.15) is 12.0 Å².